The standard InChI is InChI=1S/C8H9BrN2O2/c1-5-3-7(10-9)4-6(2)8(5)11(12)13/h3-4,10H,1-2H3. The lowest BCUT2D eigenvalue weighted by atomic mass is 10.1. The second-order valence-electron chi connectivity index (χ2n) is 2.81. The number of halogens is 1. The van der Waals surface area contributed by atoms with Crippen molar-refractivity contribution in [3.8, 4) is 0 Å². The van der Waals surface area contributed by atoms with Gasteiger partial charge >= 0.3 is 0 Å². The number of benzene rings is 1. The third kappa shape index (κ3) is 1.98. The average molecular weight is 245 g/mol. The molecule has 0 saturated carbocycles. The molecule has 0 aliphatic heterocycles. The minimum atomic E-state index is -0.358. The summed E-state index contributed by atoms with van der Waals surface area (Å²) in [4.78, 5) is 10.3. The number of nitro groups is 1. The number of anilines is 1. The van der Waals surface area contributed by atoms with Gasteiger partial charge in [-0.05, 0) is 26.0 Å². The summed E-state index contributed by atoms with van der Waals surface area (Å²) in [6, 6.07) is 3.44. The molecule has 0 spiro atoms. The van der Waals surface area contributed by atoms with Crippen LogP contribution in [-0.4, -0.2) is 4.92 Å². The maximum Gasteiger partial charge on any atom is 0.275 e. The van der Waals surface area contributed by atoms with Gasteiger partial charge in [0, 0.05) is 33.0 Å². The van der Waals surface area contributed by atoms with Gasteiger partial charge in [-0.15, -0.1) is 0 Å². The number of nitro benzene ring substituents is 1. The van der Waals surface area contributed by atoms with E-state index in [4.69, 9.17) is 0 Å². The summed E-state index contributed by atoms with van der Waals surface area (Å²) in [6.07, 6.45) is 0. The van der Waals surface area contributed by atoms with Crippen molar-refractivity contribution in [2.75, 3.05) is 4.34 Å². The average Bonchev–Trinajstić information content (AvgIpc) is 2.02. The zero-order chi connectivity index (χ0) is 10.0. The Labute approximate surface area is 84.4 Å². The zero-order valence-corrected chi connectivity index (χ0v) is 8.88. The molecule has 5 heteroatoms. The van der Waals surface area contributed by atoms with E-state index in [9.17, 15) is 10.1 Å². The molecule has 0 fully saturated rings. The van der Waals surface area contributed by atoms with Gasteiger partial charge < -0.3 is 4.34 Å². The number of hydrogen-bond acceptors (Lipinski definition) is 3. The minimum absolute atomic E-state index is 0.187. The molecule has 70 valence electrons. The van der Waals surface area contributed by atoms with Crippen LogP contribution in [-0.2, 0) is 0 Å². The number of nitrogens with one attached hydrogen (secondary N) is 1. The first-order valence-corrected chi connectivity index (χ1v) is 4.48. The van der Waals surface area contributed by atoms with Gasteiger partial charge in [0.25, 0.3) is 5.69 Å². The van der Waals surface area contributed by atoms with Crippen LogP contribution >= 0.6 is 16.1 Å². The summed E-state index contributed by atoms with van der Waals surface area (Å²) in [5, 5.41) is 10.6. The first-order valence-electron chi connectivity index (χ1n) is 3.68. The Bertz CT molecular complexity index is 329. The number of rotatable bonds is 2. The second-order valence-corrected chi connectivity index (χ2v) is 3.21. The van der Waals surface area contributed by atoms with Crippen LogP contribution in [0.2, 0.25) is 0 Å². The van der Waals surface area contributed by atoms with Gasteiger partial charge in [-0.25, -0.2) is 0 Å². The second kappa shape index (κ2) is 3.74. The molecular weight excluding hydrogens is 236 g/mol. The predicted octanol–water partition coefficient (Wildman–Crippen LogP) is 2.93. The molecule has 1 aromatic carbocycles. The summed E-state index contributed by atoms with van der Waals surface area (Å²) < 4.78 is 2.76. The van der Waals surface area contributed by atoms with E-state index in [1.807, 2.05) is 0 Å². The highest BCUT2D eigenvalue weighted by molar-refractivity contribution is 9.10. The molecule has 0 aromatic heterocycles. The smallest absolute Gasteiger partial charge is 0.275 e. The maximum atomic E-state index is 10.6. The predicted molar refractivity (Wildman–Crippen MR) is 55.1 cm³/mol. The van der Waals surface area contributed by atoms with Gasteiger partial charge in [0.1, 0.15) is 0 Å². The van der Waals surface area contributed by atoms with E-state index in [2.05, 4.69) is 20.5 Å². The highest BCUT2D eigenvalue weighted by Crippen LogP contribution is 2.26. The van der Waals surface area contributed by atoms with E-state index in [1.54, 1.807) is 26.0 Å². The van der Waals surface area contributed by atoms with E-state index in [0.717, 1.165) is 5.69 Å². The Morgan fingerprint density at radius 1 is 1.38 bits per heavy atom. The quantitative estimate of drug-likeness (QED) is 0.495. The van der Waals surface area contributed by atoms with E-state index in [-0.39, 0.29) is 10.6 Å². The lowest BCUT2D eigenvalue weighted by Crippen LogP contribution is -1.96. The van der Waals surface area contributed by atoms with Crippen LogP contribution in [0.15, 0.2) is 12.1 Å². The van der Waals surface area contributed by atoms with Crippen molar-refractivity contribution >= 4 is 27.5 Å². The topological polar surface area (TPSA) is 55.2 Å². The molecule has 0 bridgehead atoms. The van der Waals surface area contributed by atoms with Crippen molar-refractivity contribution in [1.82, 2.24) is 0 Å². The molecule has 0 amide bonds. The molecular formula is C8H9BrN2O2. The van der Waals surface area contributed by atoms with Crippen molar-refractivity contribution in [1.29, 1.82) is 0 Å². The highest BCUT2D eigenvalue weighted by Gasteiger charge is 2.14. The van der Waals surface area contributed by atoms with Crippen molar-refractivity contribution < 1.29 is 4.92 Å². The first kappa shape index (κ1) is 9.98. The number of nitrogens with zero attached hydrogens (tertiary/aromatic N) is 1. The molecule has 1 N–H and O–H groups in total. The summed E-state index contributed by atoms with van der Waals surface area (Å²) >= 11 is 3.07. The van der Waals surface area contributed by atoms with Gasteiger partial charge in [-0.1, -0.05) is 0 Å². The third-order valence-corrected chi connectivity index (χ3v) is 2.24. The zero-order valence-electron chi connectivity index (χ0n) is 7.30. The third-order valence-electron chi connectivity index (χ3n) is 1.78. The maximum absolute atomic E-state index is 10.6. The van der Waals surface area contributed by atoms with Crippen LogP contribution in [0.5, 0.6) is 0 Å². The van der Waals surface area contributed by atoms with Crippen molar-refractivity contribution in [2.24, 2.45) is 0 Å². The summed E-state index contributed by atoms with van der Waals surface area (Å²) in [5.41, 5.74) is 2.33. The van der Waals surface area contributed by atoms with E-state index in [1.165, 1.54) is 0 Å². The lowest BCUT2D eigenvalue weighted by Gasteiger charge is -2.04. The van der Waals surface area contributed by atoms with Gasteiger partial charge in [-0.2, -0.15) is 0 Å². The monoisotopic (exact) mass is 244 g/mol. The fraction of sp³-hybridized carbons (Fsp3) is 0.250. The van der Waals surface area contributed by atoms with Gasteiger partial charge in [-0.3, -0.25) is 10.1 Å². The van der Waals surface area contributed by atoms with Crippen LogP contribution in [0.25, 0.3) is 0 Å². The molecule has 0 radical (unpaired) electrons. The van der Waals surface area contributed by atoms with Crippen LogP contribution in [0, 0.1) is 24.0 Å². The Balaban J connectivity index is 3.31. The van der Waals surface area contributed by atoms with E-state index >= 15 is 0 Å². The van der Waals surface area contributed by atoms with Gasteiger partial charge in [0.05, 0.1) is 4.92 Å². The summed E-state index contributed by atoms with van der Waals surface area (Å²) in [6.45, 7) is 3.44. The number of aryl methyl sites for hydroxylation is 2. The summed E-state index contributed by atoms with van der Waals surface area (Å²) in [7, 11) is 0. The van der Waals surface area contributed by atoms with Crippen molar-refractivity contribution in [3.63, 3.8) is 0 Å². The number of hydrogen-bond donors (Lipinski definition) is 1. The molecule has 0 heterocycles. The molecule has 1 rings (SSSR count). The Kier molecular flexibility index (Phi) is 2.87. The van der Waals surface area contributed by atoms with Crippen LogP contribution in [0.4, 0.5) is 11.4 Å². The van der Waals surface area contributed by atoms with Gasteiger partial charge in [0.2, 0.25) is 0 Å². The molecule has 0 atom stereocenters. The molecule has 0 aliphatic rings. The molecule has 0 aliphatic carbocycles. The largest absolute Gasteiger partial charge is 0.322 e. The molecule has 4 nitrogen and oxygen atoms in total. The normalized spacial score (nSPS) is 9.77. The lowest BCUT2D eigenvalue weighted by molar-refractivity contribution is -0.386. The van der Waals surface area contributed by atoms with E-state index in [0.29, 0.717) is 11.1 Å². The first-order chi connectivity index (χ1) is 6.06. The van der Waals surface area contributed by atoms with Crippen LogP contribution in [0.3, 0.4) is 0 Å². The molecule has 0 unspecified atom stereocenters. The minimum Gasteiger partial charge on any atom is -0.322 e. The molecule has 0 saturated heterocycles. The Hall–Kier alpha value is -1.10. The fourth-order valence-corrected chi connectivity index (χ4v) is 1.53. The summed E-state index contributed by atoms with van der Waals surface area (Å²) in [5.74, 6) is 0. The van der Waals surface area contributed by atoms with E-state index < -0.39 is 0 Å². The van der Waals surface area contributed by atoms with Crippen molar-refractivity contribution in [3.05, 3.63) is 33.4 Å². The highest BCUT2D eigenvalue weighted by atomic mass is 79.9. The Morgan fingerprint density at radius 2 is 1.85 bits per heavy atom. The molecule has 13 heavy (non-hydrogen) atoms. The van der Waals surface area contributed by atoms with Crippen LogP contribution < -0.4 is 4.34 Å². The Morgan fingerprint density at radius 3 is 2.15 bits per heavy atom. The fourth-order valence-electron chi connectivity index (χ4n) is 1.30. The molecule has 1 aromatic rings. The van der Waals surface area contributed by atoms with Crippen LogP contribution in [0.1, 0.15) is 11.1 Å². The van der Waals surface area contributed by atoms with Crippen molar-refractivity contribution in [2.45, 2.75) is 13.8 Å². The SMILES string of the molecule is Cc1cc(NBr)cc(C)c1[N+](=O)[O-]. The van der Waals surface area contributed by atoms with Gasteiger partial charge in [0.15, 0.2) is 0 Å².